The van der Waals surface area contributed by atoms with E-state index in [1.165, 1.54) is 12.1 Å². The number of piperidine rings is 1. The fourth-order valence-corrected chi connectivity index (χ4v) is 4.07. The zero-order valence-electron chi connectivity index (χ0n) is 18.1. The summed E-state index contributed by atoms with van der Waals surface area (Å²) in [5.74, 6) is -0.856. The summed E-state index contributed by atoms with van der Waals surface area (Å²) < 4.78 is 34.9. The highest BCUT2D eigenvalue weighted by Crippen LogP contribution is 2.31. The summed E-state index contributed by atoms with van der Waals surface area (Å²) in [7, 11) is 0. The summed E-state index contributed by atoms with van der Waals surface area (Å²) in [4.78, 5) is 15.1. The highest BCUT2D eigenvalue weighted by Gasteiger charge is 2.23. The molecule has 0 bridgehead atoms. The summed E-state index contributed by atoms with van der Waals surface area (Å²) in [6.07, 6.45) is 6.30. The highest BCUT2D eigenvalue weighted by atomic mass is 35.5. The van der Waals surface area contributed by atoms with E-state index in [1.807, 2.05) is 12.4 Å². The smallest absolute Gasteiger partial charge is 0.225 e. The Morgan fingerprint density at radius 3 is 2.34 bits per heavy atom. The van der Waals surface area contributed by atoms with Crippen molar-refractivity contribution in [1.29, 1.82) is 0 Å². The van der Waals surface area contributed by atoms with Crippen LogP contribution in [-0.4, -0.2) is 34.6 Å². The van der Waals surface area contributed by atoms with E-state index in [1.54, 1.807) is 19.1 Å². The lowest BCUT2D eigenvalue weighted by Crippen LogP contribution is -2.36. The molecule has 4 rings (SSSR count). The van der Waals surface area contributed by atoms with Crippen LogP contribution in [0.3, 0.4) is 0 Å². The second-order valence-corrected chi connectivity index (χ2v) is 8.41. The molecular formula is C24H25ClF2N4O. The van der Waals surface area contributed by atoms with E-state index in [4.69, 9.17) is 16.3 Å². The first kappa shape index (κ1) is 22.4. The lowest BCUT2D eigenvalue weighted by atomic mass is 9.98. The maximum Gasteiger partial charge on any atom is 0.225 e. The molecule has 0 amide bonds. The molecule has 1 fully saturated rings. The molecule has 3 aromatic rings. The first-order valence-electron chi connectivity index (χ1n) is 10.8. The standard InChI is InChI=1S/C24H25ClF2N4O/c1-3-16-12-28-24(29-13-16)31-8-6-17(7-9-31)14-32-23-20(26)10-18(11-21(23)27)19-4-5-22(25)30-15(19)2/h4-5,10-13,17H,3,6-9,14H2,1-2H3. The van der Waals surface area contributed by atoms with E-state index in [0.717, 1.165) is 43.9 Å². The summed E-state index contributed by atoms with van der Waals surface area (Å²) in [5.41, 5.74) is 2.73. The van der Waals surface area contributed by atoms with Gasteiger partial charge in [0.25, 0.3) is 0 Å². The number of anilines is 1. The Morgan fingerprint density at radius 1 is 1.09 bits per heavy atom. The van der Waals surface area contributed by atoms with Gasteiger partial charge in [-0.1, -0.05) is 18.5 Å². The first-order valence-corrected chi connectivity index (χ1v) is 11.1. The lowest BCUT2D eigenvalue weighted by molar-refractivity contribution is 0.207. The van der Waals surface area contributed by atoms with Crippen LogP contribution in [0.2, 0.25) is 5.15 Å². The van der Waals surface area contributed by atoms with Gasteiger partial charge in [0.2, 0.25) is 5.95 Å². The number of halogens is 3. The third-order valence-corrected chi connectivity index (χ3v) is 6.03. The molecule has 32 heavy (non-hydrogen) atoms. The largest absolute Gasteiger partial charge is 0.487 e. The quantitative estimate of drug-likeness (QED) is 0.447. The number of hydrogen-bond donors (Lipinski definition) is 0. The molecule has 8 heteroatoms. The molecule has 0 atom stereocenters. The monoisotopic (exact) mass is 458 g/mol. The summed E-state index contributed by atoms with van der Waals surface area (Å²) in [5, 5.41) is 0.336. The van der Waals surface area contributed by atoms with Gasteiger partial charge in [-0.15, -0.1) is 0 Å². The number of aryl methyl sites for hydroxylation is 2. The fraction of sp³-hybridized carbons (Fsp3) is 0.375. The van der Waals surface area contributed by atoms with Crippen molar-refractivity contribution in [3.05, 3.63) is 64.7 Å². The molecule has 168 valence electrons. The molecule has 0 unspecified atom stereocenters. The van der Waals surface area contributed by atoms with Gasteiger partial charge in [-0.2, -0.15) is 0 Å². The Kier molecular flexibility index (Phi) is 6.84. The molecule has 0 spiro atoms. The number of pyridine rings is 1. The number of aromatic nitrogens is 3. The average molecular weight is 459 g/mol. The Bertz CT molecular complexity index is 1060. The summed E-state index contributed by atoms with van der Waals surface area (Å²) in [6.45, 7) is 5.65. The van der Waals surface area contributed by atoms with Crippen molar-refractivity contribution in [2.45, 2.75) is 33.1 Å². The molecule has 1 aliphatic rings. The second-order valence-electron chi connectivity index (χ2n) is 8.02. The zero-order valence-corrected chi connectivity index (χ0v) is 18.9. The lowest BCUT2D eigenvalue weighted by Gasteiger charge is -2.31. The fourth-order valence-electron chi connectivity index (χ4n) is 3.88. The van der Waals surface area contributed by atoms with Crippen LogP contribution in [0.25, 0.3) is 11.1 Å². The number of nitrogens with zero attached hydrogens (tertiary/aromatic N) is 4. The molecule has 0 aliphatic carbocycles. The molecule has 3 heterocycles. The molecule has 0 saturated carbocycles. The Balaban J connectivity index is 1.37. The van der Waals surface area contributed by atoms with Crippen molar-refractivity contribution in [2.24, 2.45) is 5.92 Å². The van der Waals surface area contributed by atoms with Crippen LogP contribution in [0.1, 0.15) is 31.0 Å². The first-order chi connectivity index (χ1) is 15.4. The average Bonchev–Trinajstić information content (AvgIpc) is 2.79. The third-order valence-electron chi connectivity index (χ3n) is 5.82. The Hall–Kier alpha value is -2.80. The number of hydrogen-bond acceptors (Lipinski definition) is 5. The molecule has 5 nitrogen and oxygen atoms in total. The van der Waals surface area contributed by atoms with E-state index in [2.05, 4.69) is 26.8 Å². The highest BCUT2D eigenvalue weighted by molar-refractivity contribution is 6.29. The van der Waals surface area contributed by atoms with Gasteiger partial charge in [-0.3, -0.25) is 0 Å². The molecular weight excluding hydrogens is 434 g/mol. The van der Waals surface area contributed by atoms with Crippen LogP contribution in [0.15, 0.2) is 36.7 Å². The van der Waals surface area contributed by atoms with Gasteiger partial charge >= 0.3 is 0 Å². The Morgan fingerprint density at radius 2 is 1.75 bits per heavy atom. The second kappa shape index (κ2) is 9.77. The van der Waals surface area contributed by atoms with Gasteiger partial charge in [-0.05, 0) is 67.5 Å². The van der Waals surface area contributed by atoms with Crippen LogP contribution in [0.5, 0.6) is 5.75 Å². The minimum Gasteiger partial charge on any atom is -0.487 e. The molecule has 0 radical (unpaired) electrons. The van der Waals surface area contributed by atoms with E-state index >= 15 is 0 Å². The minimum absolute atomic E-state index is 0.211. The predicted octanol–water partition coefficient (Wildman–Crippen LogP) is 5.64. The molecule has 1 aromatic carbocycles. The maximum absolute atomic E-state index is 14.7. The van der Waals surface area contributed by atoms with Crippen molar-refractivity contribution in [1.82, 2.24) is 15.0 Å². The predicted molar refractivity (Wildman–Crippen MR) is 121 cm³/mol. The van der Waals surface area contributed by atoms with Gasteiger partial charge in [-0.25, -0.2) is 23.7 Å². The van der Waals surface area contributed by atoms with Crippen LogP contribution in [-0.2, 0) is 6.42 Å². The molecule has 1 aliphatic heterocycles. The number of benzene rings is 1. The maximum atomic E-state index is 14.7. The van der Waals surface area contributed by atoms with Crippen LogP contribution in [0.4, 0.5) is 14.7 Å². The minimum atomic E-state index is -0.726. The van der Waals surface area contributed by atoms with Gasteiger partial charge in [0.1, 0.15) is 5.15 Å². The topological polar surface area (TPSA) is 51.1 Å². The van der Waals surface area contributed by atoms with Gasteiger partial charge in [0, 0.05) is 36.7 Å². The number of rotatable bonds is 6. The van der Waals surface area contributed by atoms with Crippen LogP contribution < -0.4 is 9.64 Å². The van der Waals surface area contributed by atoms with Crippen molar-refractivity contribution >= 4 is 17.5 Å². The summed E-state index contributed by atoms with van der Waals surface area (Å²) in [6, 6.07) is 5.85. The van der Waals surface area contributed by atoms with E-state index in [0.29, 0.717) is 22.0 Å². The summed E-state index contributed by atoms with van der Waals surface area (Å²) >= 11 is 5.87. The van der Waals surface area contributed by atoms with Crippen molar-refractivity contribution in [3.8, 4) is 16.9 Å². The third kappa shape index (κ3) is 4.99. The van der Waals surface area contributed by atoms with E-state index in [9.17, 15) is 8.78 Å². The van der Waals surface area contributed by atoms with Crippen molar-refractivity contribution < 1.29 is 13.5 Å². The zero-order chi connectivity index (χ0) is 22.7. The van der Waals surface area contributed by atoms with E-state index in [-0.39, 0.29) is 18.3 Å². The van der Waals surface area contributed by atoms with E-state index < -0.39 is 11.6 Å². The normalized spacial score (nSPS) is 14.6. The van der Waals surface area contributed by atoms with Crippen LogP contribution >= 0.6 is 11.6 Å². The van der Waals surface area contributed by atoms with Gasteiger partial charge in [0.05, 0.1) is 6.61 Å². The number of ether oxygens (including phenoxy) is 1. The van der Waals surface area contributed by atoms with Crippen molar-refractivity contribution in [2.75, 3.05) is 24.6 Å². The van der Waals surface area contributed by atoms with Gasteiger partial charge < -0.3 is 9.64 Å². The molecule has 1 saturated heterocycles. The Labute approximate surface area is 191 Å². The SMILES string of the molecule is CCc1cnc(N2CCC(COc3c(F)cc(-c4ccc(Cl)nc4C)cc3F)CC2)nc1. The van der Waals surface area contributed by atoms with Crippen LogP contribution in [0, 0.1) is 24.5 Å². The molecule has 0 N–H and O–H groups in total. The molecule has 2 aromatic heterocycles. The van der Waals surface area contributed by atoms with Crippen molar-refractivity contribution in [3.63, 3.8) is 0 Å². The van der Waals surface area contributed by atoms with Gasteiger partial charge in [0.15, 0.2) is 17.4 Å².